The summed E-state index contributed by atoms with van der Waals surface area (Å²) in [5.74, 6) is 0.139. The topological polar surface area (TPSA) is 40.5 Å². The van der Waals surface area contributed by atoms with Crippen molar-refractivity contribution in [1.29, 1.82) is 0 Å². The van der Waals surface area contributed by atoms with Crippen molar-refractivity contribution in [3.63, 3.8) is 0 Å². The van der Waals surface area contributed by atoms with E-state index >= 15 is 0 Å². The van der Waals surface area contributed by atoms with Gasteiger partial charge in [0.2, 0.25) is 0 Å². The van der Waals surface area contributed by atoms with Gasteiger partial charge in [-0.3, -0.25) is 0 Å². The zero-order valence-corrected chi connectivity index (χ0v) is 9.65. The van der Waals surface area contributed by atoms with Gasteiger partial charge in [0.25, 0.3) is 0 Å². The summed E-state index contributed by atoms with van der Waals surface area (Å²) in [5, 5.41) is 18.0. The van der Waals surface area contributed by atoms with Crippen LogP contribution < -0.4 is 0 Å². The van der Waals surface area contributed by atoms with E-state index in [2.05, 4.69) is 22.6 Å². The van der Waals surface area contributed by atoms with E-state index in [0.29, 0.717) is 0 Å². The first-order valence-corrected chi connectivity index (χ1v) is 5.26. The SMILES string of the molecule is CC(CO)c1cc(I)cc(CO)c1. The smallest absolute Gasteiger partial charge is 0.0682 e. The van der Waals surface area contributed by atoms with Crippen molar-refractivity contribution in [3.8, 4) is 0 Å². The highest BCUT2D eigenvalue weighted by Gasteiger charge is 2.05. The van der Waals surface area contributed by atoms with Crippen molar-refractivity contribution < 1.29 is 10.2 Å². The molecular formula is C10H13IO2. The fourth-order valence-corrected chi connectivity index (χ4v) is 1.92. The summed E-state index contributed by atoms with van der Waals surface area (Å²) in [6.07, 6.45) is 0. The first kappa shape index (κ1) is 10.9. The Labute approximate surface area is 91.7 Å². The van der Waals surface area contributed by atoms with E-state index in [4.69, 9.17) is 10.2 Å². The Morgan fingerprint density at radius 3 is 2.54 bits per heavy atom. The van der Waals surface area contributed by atoms with Crippen LogP contribution in [-0.4, -0.2) is 16.8 Å². The van der Waals surface area contributed by atoms with Gasteiger partial charge >= 0.3 is 0 Å². The first-order chi connectivity index (χ1) is 6.17. The van der Waals surface area contributed by atoms with Gasteiger partial charge in [0, 0.05) is 16.1 Å². The van der Waals surface area contributed by atoms with Crippen LogP contribution in [-0.2, 0) is 6.61 Å². The fraction of sp³-hybridized carbons (Fsp3) is 0.400. The average molecular weight is 292 g/mol. The normalized spacial score (nSPS) is 12.9. The summed E-state index contributed by atoms with van der Waals surface area (Å²) in [7, 11) is 0. The molecule has 2 nitrogen and oxygen atoms in total. The van der Waals surface area contributed by atoms with Crippen LogP contribution in [0.3, 0.4) is 0 Å². The Kier molecular flexibility index (Phi) is 4.15. The largest absolute Gasteiger partial charge is 0.396 e. The van der Waals surface area contributed by atoms with Gasteiger partial charge in [-0.15, -0.1) is 0 Å². The van der Waals surface area contributed by atoms with E-state index < -0.39 is 0 Å². The molecule has 0 aliphatic carbocycles. The van der Waals surface area contributed by atoms with Crippen LogP contribution >= 0.6 is 22.6 Å². The fourth-order valence-electron chi connectivity index (χ4n) is 1.16. The number of aliphatic hydroxyl groups excluding tert-OH is 2. The maximum atomic E-state index is 8.98. The van der Waals surface area contributed by atoms with Crippen LogP contribution in [0.25, 0.3) is 0 Å². The van der Waals surface area contributed by atoms with Crippen LogP contribution in [0.2, 0.25) is 0 Å². The Hall–Kier alpha value is -0.130. The third-order valence-corrected chi connectivity index (χ3v) is 2.63. The lowest BCUT2D eigenvalue weighted by molar-refractivity contribution is 0.271. The lowest BCUT2D eigenvalue weighted by atomic mass is 10.0. The predicted molar refractivity (Wildman–Crippen MR) is 60.6 cm³/mol. The Morgan fingerprint density at radius 2 is 2.00 bits per heavy atom. The van der Waals surface area contributed by atoms with Crippen molar-refractivity contribution in [2.45, 2.75) is 19.4 Å². The number of hydrogen-bond donors (Lipinski definition) is 2. The molecule has 0 fully saturated rings. The lowest BCUT2D eigenvalue weighted by Gasteiger charge is -2.10. The summed E-state index contributed by atoms with van der Waals surface area (Å²) in [6.45, 7) is 2.17. The molecule has 0 saturated heterocycles. The van der Waals surface area contributed by atoms with E-state index in [0.717, 1.165) is 14.7 Å². The summed E-state index contributed by atoms with van der Waals surface area (Å²) >= 11 is 2.21. The summed E-state index contributed by atoms with van der Waals surface area (Å²) in [6, 6.07) is 5.90. The molecule has 72 valence electrons. The number of halogens is 1. The highest BCUT2D eigenvalue weighted by atomic mass is 127. The summed E-state index contributed by atoms with van der Waals surface area (Å²) < 4.78 is 1.10. The van der Waals surface area contributed by atoms with Gasteiger partial charge in [0.1, 0.15) is 0 Å². The lowest BCUT2D eigenvalue weighted by Crippen LogP contribution is -2.00. The molecule has 0 radical (unpaired) electrons. The second kappa shape index (κ2) is 4.93. The van der Waals surface area contributed by atoms with E-state index in [1.165, 1.54) is 0 Å². The molecule has 0 aliphatic rings. The van der Waals surface area contributed by atoms with E-state index in [1.54, 1.807) is 0 Å². The van der Waals surface area contributed by atoms with Gasteiger partial charge in [0.05, 0.1) is 6.61 Å². The van der Waals surface area contributed by atoms with E-state index in [9.17, 15) is 0 Å². The standard InChI is InChI=1S/C10H13IO2/c1-7(5-12)9-2-8(6-13)3-10(11)4-9/h2-4,7,12-13H,5-6H2,1H3. The molecule has 0 heterocycles. The zero-order valence-electron chi connectivity index (χ0n) is 7.50. The minimum Gasteiger partial charge on any atom is -0.396 e. The van der Waals surface area contributed by atoms with Gasteiger partial charge in [0.15, 0.2) is 0 Å². The highest BCUT2D eigenvalue weighted by Crippen LogP contribution is 2.19. The van der Waals surface area contributed by atoms with Crippen LogP contribution in [0.5, 0.6) is 0 Å². The van der Waals surface area contributed by atoms with Crippen LogP contribution in [0.1, 0.15) is 24.0 Å². The third kappa shape index (κ3) is 2.93. The number of aliphatic hydroxyl groups is 2. The van der Waals surface area contributed by atoms with Crippen LogP contribution in [0.4, 0.5) is 0 Å². The monoisotopic (exact) mass is 292 g/mol. The molecule has 0 saturated carbocycles. The predicted octanol–water partition coefficient (Wildman–Crippen LogP) is 1.88. The quantitative estimate of drug-likeness (QED) is 0.835. The van der Waals surface area contributed by atoms with Crippen molar-refractivity contribution in [3.05, 3.63) is 32.9 Å². The second-order valence-electron chi connectivity index (χ2n) is 3.13. The molecule has 0 amide bonds. The highest BCUT2D eigenvalue weighted by molar-refractivity contribution is 14.1. The molecule has 13 heavy (non-hydrogen) atoms. The number of rotatable bonds is 3. The molecule has 0 aliphatic heterocycles. The molecule has 0 aromatic heterocycles. The molecule has 2 N–H and O–H groups in total. The Bertz CT molecular complexity index is 286. The van der Waals surface area contributed by atoms with Gasteiger partial charge in [-0.1, -0.05) is 13.0 Å². The minimum atomic E-state index is 0.0575. The molecule has 1 unspecified atom stereocenters. The molecule has 1 atom stereocenters. The molecule has 3 heteroatoms. The Morgan fingerprint density at radius 1 is 1.31 bits per heavy atom. The Balaban J connectivity index is 3.01. The van der Waals surface area contributed by atoms with Gasteiger partial charge < -0.3 is 10.2 Å². The number of benzene rings is 1. The van der Waals surface area contributed by atoms with Gasteiger partial charge in [-0.2, -0.15) is 0 Å². The van der Waals surface area contributed by atoms with E-state index in [-0.39, 0.29) is 19.1 Å². The van der Waals surface area contributed by atoms with Crippen molar-refractivity contribution in [2.75, 3.05) is 6.61 Å². The van der Waals surface area contributed by atoms with Gasteiger partial charge in [-0.05, 0) is 45.9 Å². The first-order valence-electron chi connectivity index (χ1n) is 4.18. The maximum absolute atomic E-state index is 8.98. The van der Waals surface area contributed by atoms with Crippen molar-refractivity contribution in [1.82, 2.24) is 0 Å². The summed E-state index contributed by atoms with van der Waals surface area (Å²) in [4.78, 5) is 0. The van der Waals surface area contributed by atoms with Crippen molar-refractivity contribution in [2.24, 2.45) is 0 Å². The molecule has 1 rings (SSSR count). The zero-order chi connectivity index (χ0) is 9.84. The molecule has 1 aromatic rings. The molecular weight excluding hydrogens is 279 g/mol. The molecule has 1 aromatic carbocycles. The summed E-state index contributed by atoms with van der Waals surface area (Å²) in [5.41, 5.74) is 1.99. The average Bonchev–Trinajstić information content (AvgIpc) is 2.15. The third-order valence-electron chi connectivity index (χ3n) is 2.01. The van der Waals surface area contributed by atoms with Crippen LogP contribution in [0.15, 0.2) is 18.2 Å². The number of hydrogen-bond acceptors (Lipinski definition) is 2. The second-order valence-corrected chi connectivity index (χ2v) is 4.38. The van der Waals surface area contributed by atoms with Gasteiger partial charge in [-0.25, -0.2) is 0 Å². The van der Waals surface area contributed by atoms with E-state index in [1.807, 2.05) is 25.1 Å². The minimum absolute atomic E-state index is 0.0575. The maximum Gasteiger partial charge on any atom is 0.0682 e. The molecule has 0 spiro atoms. The molecule has 0 bridgehead atoms. The van der Waals surface area contributed by atoms with Crippen molar-refractivity contribution >= 4 is 22.6 Å². The van der Waals surface area contributed by atoms with Crippen LogP contribution in [0, 0.1) is 3.57 Å².